The Morgan fingerprint density at radius 1 is 1.23 bits per heavy atom. The first kappa shape index (κ1) is 11.1. The molecule has 0 amide bonds. The van der Waals surface area contributed by atoms with Gasteiger partial charge in [-0.05, 0) is 0 Å². The number of nitrogens with zero attached hydrogens (tertiary/aromatic N) is 1. The number of hydrogen-bond acceptors (Lipinski definition) is 4. The largest absolute Gasteiger partial charge is 0.298 e. The summed E-state index contributed by atoms with van der Waals surface area (Å²) in [4.78, 5) is 2.14. The van der Waals surface area contributed by atoms with Gasteiger partial charge in [-0.1, -0.05) is 12.2 Å². The highest BCUT2D eigenvalue weighted by Gasteiger charge is 2.20. The lowest BCUT2D eigenvalue weighted by Gasteiger charge is -2.24. The smallest absolute Gasteiger partial charge is 0.152 e. The zero-order valence-electron chi connectivity index (χ0n) is 7.52. The molecule has 1 fully saturated rings. The van der Waals surface area contributed by atoms with Crippen LogP contribution < -0.4 is 0 Å². The fourth-order valence-electron chi connectivity index (χ4n) is 1.23. The van der Waals surface area contributed by atoms with Gasteiger partial charge in [0.15, 0.2) is 9.84 Å². The lowest BCUT2D eigenvalue weighted by molar-refractivity contribution is 0.327. The average Bonchev–Trinajstić information content (AvgIpc) is 2.08. The molecule has 0 aromatic heterocycles. The van der Waals surface area contributed by atoms with Gasteiger partial charge < -0.3 is 0 Å². The van der Waals surface area contributed by atoms with E-state index < -0.39 is 9.84 Å². The van der Waals surface area contributed by atoms with E-state index in [-0.39, 0.29) is 0 Å². The molecule has 0 atom stereocenters. The van der Waals surface area contributed by atoms with Gasteiger partial charge in [-0.2, -0.15) is 12.6 Å². The Labute approximate surface area is 85.1 Å². The first-order valence-corrected chi connectivity index (χ1v) is 6.78. The summed E-state index contributed by atoms with van der Waals surface area (Å²) in [5.41, 5.74) is 0. The fraction of sp³-hybridized carbons (Fsp3) is 0.750. The van der Waals surface area contributed by atoms with Crippen molar-refractivity contribution >= 4 is 22.5 Å². The number of rotatable bonds is 3. The second kappa shape index (κ2) is 5.02. The van der Waals surface area contributed by atoms with Crippen LogP contribution in [0.25, 0.3) is 0 Å². The minimum absolute atomic E-state index is 0.307. The van der Waals surface area contributed by atoms with Gasteiger partial charge in [0.25, 0.3) is 0 Å². The summed E-state index contributed by atoms with van der Waals surface area (Å²) in [6.07, 6.45) is 4.01. The van der Waals surface area contributed by atoms with Gasteiger partial charge in [0, 0.05) is 25.4 Å². The van der Waals surface area contributed by atoms with Crippen molar-refractivity contribution in [1.82, 2.24) is 4.90 Å². The van der Waals surface area contributed by atoms with E-state index in [1.165, 1.54) is 0 Å². The predicted octanol–water partition coefficient (Wildman–Crippen LogP) is 0.203. The van der Waals surface area contributed by atoms with Gasteiger partial charge in [-0.25, -0.2) is 8.42 Å². The SMILES string of the molecule is O=S1(=O)CCN(C/C=C/CS)CC1. The first-order valence-electron chi connectivity index (χ1n) is 4.33. The highest BCUT2D eigenvalue weighted by molar-refractivity contribution is 7.91. The molecule has 1 aliphatic rings. The maximum atomic E-state index is 11.1. The summed E-state index contributed by atoms with van der Waals surface area (Å²) in [5, 5.41) is 0. The Balaban J connectivity index is 2.29. The van der Waals surface area contributed by atoms with Crippen molar-refractivity contribution in [2.45, 2.75) is 0 Å². The Morgan fingerprint density at radius 2 is 1.85 bits per heavy atom. The van der Waals surface area contributed by atoms with Crippen LogP contribution in [0.4, 0.5) is 0 Å². The molecule has 1 heterocycles. The second-order valence-electron chi connectivity index (χ2n) is 3.11. The summed E-state index contributed by atoms with van der Waals surface area (Å²) in [5.74, 6) is 1.36. The van der Waals surface area contributed by atoms with Gasteiger partial charge in [0.05, 0.1) is 11.5 Å². The third-order valence-electron chi connectivity index (χ3n) is 2.07. The molecule has 13 heavy (non-hydrogen) atoms. The van der Waals surface area contributed by atoms with Gasteiger partial charge in [-0.3, -0.25) is 4.90 Å². The molecule has 0 N–H and O–H groups in total. The lowest BCUT2D eigenvalue weighted by Crippen LogP contribution is -2.40. The van der Waals surface area contributed by atoms with Crippen molar-refractivity contribution in [1.29, 1.82) is 0 Å². The van der Waals surface area contributed by atoms with Crippen LogP contribution in [0.15, 0.2) is 12.2 Å². The zero-order chi connectivity index (χ0) is 9.73. The molecular formula is C8H15NO2S2. The molecule has 0 aromatic rings. The molecule has 0 bridgehead atoms. The Morgan fingerprint density at radius 3 is 2.38 bits per heavy atom. The van der Waals surface area contributed by atoms with E-state index in [1.807, 2.05) is 12.2 Å². The molecule has 0 spiro atoms. The van der Waals surface area contributed by atoms with Gasteiger partial charge in [0.1, 0.15) is 0 Å². The van der Waals surface area contributed by atoms with Gasteiger partial charge >= 0.3 is 0 Å². The third kappa shape index (κ3) is 4.15. The Bertz CT molecular complexity index is 258. The molecule has 0 saturated carbocycles. The van der Waals surface area contributed by atoms with Crippen molar-refractivity contribution < 1.29 is 8.42 Å². The maximum absolute atomic E-state index is 11.1. The minimum Gasteiger partial charge on any atom is -0.298 e. The predicted molar refractivity (Wildman–Crippen MR) is 58.1 cm³/mol. The number of sulfone groups is 1. The van der Waals surface area contributed by atoms with E-state index in [0.717, 1.165) is 12.3 Å². The summed E-state index contributed by atoms with van der Waals surface area (Å²) in [6, 6.07) is 0. The molecule has 1 rings (SSSR count). The summed E-state index contributed by atoms with van der Waals surface area (Å²) >= 11 is 4.04. The minimum atomic E-state index is -2.73. The Kier molecular flexibility index (Phi) is 4.28. The quantitative estimate of drug-likeness (QED) is 0.546. The average molecular weight is 221 g/mol. The normalized spacial score (nSPS) is 23.8. The highest BCUT2D eigenvalue weighted by atomic mass is 32.2. The molecule has 0 radical (unpaired) electrons. The first-order chi connectivity index (χ1) is 6.14. The van der Waals surface area contributed by atoms with Crippen molar-refractivity contribution in [3.8, 4) is 0 Å². The van der Waals surface area contributed by atoms with Crippen molar-refractivity contribution in [3.05, 3.63) is 12.2 Å². The third-order valence-corrected chi connectivity index (χ3v) is 3.89. The highest BCUT2D eigenvalue weighted by Crippen LogP contribution is 2.03. The van der Waals surface area contributed by atoms with Crippen LogP contribution in [-0.4, -0.2) is 50.2 Å². The van der Waals surface area contributed by atoms with Crippen LogP contribution in [0.3, 0.4) is 0 Å². The molecule has 76 valence electrons. The number of hydrogen-bond donors (Lipinski definition) is 1. The summed E-state index contributed by atoms with van der Waals surface area (Å²) in [6.45, 7) is 2.18. The van der Waals surface area contributed by atoms with Crippen molar-refractivity contribution in [3.63, 3.8) is 0 Å². The topological polar surface area (TPSA) is 37.4 Å². The van der Waals surface area contributed by atoms with Crippen LogP contribution in [0, 0.1) is 0 Å². The van der Waals surface area contributed by atoms with Crippen LogP contribution in [-0.2, 0) is 9.84 Å². The van der Waals surface area contributed by atoms with Crippen molar-refractivity contribution in [2.75, 3.05) is 36.9 Å². The molecule has 0 unspecified atom stereocenters. The summed E-state index contributed by atoms with van der Waals surface area (Å²) in [7, 11) is -2.73. The van der Waals surface area contributed by atoms with E-state index in [2.05, 4.69) is 17.5 Å². The van der Waals surface area contributed by atoms with Crippen LogP contribution in [0.5, 0.6) is 0 Å². The van der Waals surface area contributed by atoms with Crippen LogP contribution in [0.2, 0.25) is 0 Å². The molecule has 5 heteroatoms. The monoisotopic (exact) mass is 221 g/mol. The zero-order valence-corrected chi connectivity index (χ0v) is 9.23. The Hall–Kier alpha value is -0.000000000000000111. The molecule has 0 aromatic carbocycles. The summed E-state index contributed by atoms with van der Waals surface area (Å²) < 4.78 is 22.1. The van der Waals surface area contributed by atoms with E-state index in [1.54, 1.807) is 0 Å². The molecular weight excluding hydrogens is 206 g/mol. The molecule has 3 nitrogen and oxygen atoms in total. The van der Waals surface area contributed by atoms with E-state index in [0.29, 0.717) is 24.6 Å². The van der Waals surface area contributed by atoms with Crippen LogP contribution >= 0.6 is 12.6 Å². The number of thiol groups is 1. The van der Waals surface area contributed by atoms with E-state index in [9.17, 15) is 8.42 Å². The van der Waals surface area contributed by atoms with Crippen molar-refractivity contribution in [2.24, 2.45) is 0 Å². The fourth-order valence-corrected chi connectivity index (χ4v) is 2.66. The maximum Gasteiger partial charge on any atom is 0.152 e. The lowest BCUT2D eigenvalue weighted by atomic mass is 10.4. The molecule has 0 aliphatic carbocycles. The van der Waals surface area contributed by atoms with E-state index >= 15 is 0 Å². The van der Waals surface area contributed by atoms with E-state index in [4.69, 9.17) is 0 Å². The molecule has 1 saturated heterocycles. The van der Waals surface area contributed by atoms with Gasteiger partial charge in [-0.15, -0.1) is 0 Å². The second-order valence-corrected chi connectivity index (χ2v) is 5.78. The van der Waals surface area contributed by atoms with Crippen LogP contribution in [0.1, 0.15) is 0 Å². The molecule has 1 aliphatic heterocycles. The standard InChI is InChI=1S/C8H15NO2S2/c10-13(11)7-4-9(5-8-13)3-1-2-6-12/h1-2,12H,3-8H2/b2-1+. The van der Waals surface area contributed by atoms with Gasteiger partial charge in [0.2, 0.25) is 0 Å².